The molecule has 1 heterocycles. The number of pyridine rings is 1. The molecule has 5 nitrogen and oxygen atoms in total. The van der Waals surface area contributed by atoms with Gasteiger partial charge < -0.3 is 10.6 Å². The second-order valence-electron chi connectivity index (χ2n) is 3.62. The molecule has 1 atom stereocenters. The van der Waals surface area contributed by atoms with Gasteiger partial charge in [-0.25, -0.2) is 4.98 Å². The van der Waals surface area contributed by atoms with Crippen LogP contribution < -0.4 is 10.6 Å². The lowest BCUT2D eigenvalue weighted by Crippen LogP contribution is -2.25. The van der Waals surface area contributed by atoms with Crippen LogP contribution in [0.4, 0.5) is 11.5 Å². The first-order valence-electron chi connectivity index (χ1n) is 4.85. The molecule has 82 valence electrons. The summed E-state index contributed by atoms with van der Waals surface area (Å²) in [6, 6.07) is 5.71. The van der Waals surface area contributed by atoms with E-state index in [2.05, 4.69) is 11.1 Å². The summed E-state index contributed by atoms with van der Waals surface area (Å²) < 4.78 is 0. The number of nitrogen functional groups attached to an aromatic ring is 1. The largest absolute Gasteiger partial charge is 0.395 e. The first-order valence-corrected chi connectivity index (χ1v) is 4.85. The highest BCUT2D eigenvalue weighted by atomic mass is 15.2. The predicted octanol–water partition coefficient (Wildman–Crippen LogP) is 1.13. The van der Waals surface area contributed by atoms with Crippen LogP contribution in [0.25, 0.3) is 0 Å². The number of hydrogen-bond acceptors (Lipinski definition) is 5. The molecule has 2 N–H and O–H groups in total. The van der Waals surface area contributed by atoms with Crippen molar-refractivity contribution in [3.05, 3.63) is 17.8 Å². The standard InChI is InChI=1S/C11H13N5/c1-8(5-12)7-16(2)11-10(14)9(6-13)3-4-15-11/h3-4,8H,7,14H2,1-2H3. The highest BCUT2D eigenvalue weighted by molar-refractivity contribution is 5.69. The maximum Gasteiger partial charge on any atom is 0.152 e. The van der Waals surface area contributed by atoms with Gasteiger partial charge in [0.25, 0.3) is 0 Å². The molecule has 0 fully saturated rings. The van der Waals surface area contributed by atoms with E-state index >= 15 is 0 Å². The summed E-state index contributed by atoms with van der Waals surface area (Å²) in [6.07, 6.45) is 1.54. The molecule has 0 aliphatic heterocycles. The first kappa shape index (κ1) is 11.8. The molecule has 1 unspecified atom stereocenters. The van der Waals surface area contributed by atoms with Crippen LogP contribution in [0.3, 0.4) is 0 Å². The Balaban J connectivity index is 2.97. The summed E-state index contributed by atoms with van der Waals surface area (Å²) in [5.41, 5.74) is 6.57. The van der Waals surface area contributed by atoms with E-state index in [0.717, 1.165) is 0 Å². The molecule has 0 bridgehead atoms. The molecule has 5 heteroatoms. The van der Waals surface area contributed by atoms with E-state index in [0.29, 0.717) is 23.6 Å². The molecule has 0 aliphatic rings. The molecule has 16 heavy (non-hydrogen) atoms. The summed E-state index contributed by atoms with van der Waals surface area (Å²) in [4.78, 5) is 5.90. The normalized spacial score (nSPS) is 11.2. The lowest BCUT2D eigenvalue weighted by molar-refractivity contribution is 0.711. The number of rotatable bonds is 3. The zero-order chi connectivity index (χ0) is 12.1. The second-order valence-corrected chi connectivity index (χ2v) is 3.62. The van der Waals surface area contributed by atoms with Crippen molar-refractivity contribution in [3.63, 3.8) is 0 Å². The molecule has 0 saturated heterocycles. The van der Waals surface area contributed by atoms with Gasteiger partial charge in [-0.15, -0.1) is 0 Å². The van der Waals surface area contributed by atoms with Crippen LogP contribution in [-0.2, 0) is 0 Å². The van der Waals surface area contributed by atoms with Gasteiger partial charge in [0.2, 0.25) is 0 Å². The Morgan fingerprint density at radius 1 is 1.56 bits per heavy atom. The van der Waals surface area contributed by atoms with Crippen LogP contribution in [0.15, 0.2) is 12.3 Å². The zero-order valence-electron chi connectivity index (χ0n) is 9.31. The Bertz CT molecular complexity index is 454. The molecule has 1 aromatic heterocycles. The molecule has 0 aromatic carbocycles. The fraction of sp³-hybridized carbons (Fsp3) is 0.364. The summed E-state index contributed by atoms with van der Waals surface area (Å²) in [7, 11) is 1.80. The van der Waals surface area contributed by atoms with Crippen molar-refractivity contribution in [1.82, 2.24) is 4.98 Å². The van der Waals surface area contributed by atoms with Crippen LogP contribution in [0.2, 0.25) is 0 Å². The molecular formula is C11H13N5. The number of anilines is 2. The smallest absolute Gasteiger partial charge is 0.152 e. The van der Waals surface area contributed by atoms with Crippen molar-refractivity contribution in [1.29, 1.82) is 10.5 Å². The van der Waals surface area contributed by atoms with Gasteiger partial charge in [0.1, 0.15) is 6.07 Å². The summed E-state index contributed by atoms with van der Waals surface area (Å²) in [6.45, 7) is 2.35. The Morgan fingerprint density at radius 3 is 2.81 bits per heavy atom. The van der Waals surface area contributed by atoms with E-state index < -0.39 is 0 Å². The monoisotopic (exact) mass is 215 g/mol. The van der Waals surface area contributed by atoms with Crippen LogP contribution >= 0.6 is 0 Å². The Kier molecular flexibility index (Phi) is 3.68. The van der Waals surface area contributed by atoms with Gasteiger partial charge in [-0.2, -0.15) is 10.5 Å². The van der Waals surface area contributed by atoms with E-state index in [-0.39, 0.29) is 5.92 Å². The quantitative estimate of drug-likeness (QED) is 0.816. The van der Waals surface area contributed by atoms with Crippen LogP contribution in [0.1, 0.15) is 12.5 Å². The Morgan fingerprint density at radius 2 is 2.25 bits per heavy atom. The van der Waals surface area contributed by atoms with Crippen LogP contribution in [-0.4, -0.2) is 18.6 Å². The van der Waals surface area contributed by atoms with Gasteiger partial charge in [-0.05, 0) is 13.0 Å². The van der Waals surface area contributed by atoms with Gasteiger partial charge in [-0.1, -0.05) is 0 Å². The number of nitrogens with zero attached hydrogens (tertiary/aromatic N) is 4. The fourth-order valence-corrected chi connectivity index (χ4v) is 1.40. The molecule has 0 amide bonds. The van der Waals surface area contributed by atoms with Gasteiger partial charge in [0, 0.05) is 19.8 Å². The molecule has 0 spiro atoms. The number of nitrogens with two attached hydrogens (primary N) is 1. The zero-order valence-corrected chi connectivity index (χ0v) is 9.31. The maximum absolute atomic E-state index is 8.82. The van der Waals surface area contributed by atoms with Gasteiger partial charge in [0.15, 0.2) is 5.82 Å². The third-order valence-corrected chi connectivity index (χ3v) is 2.22. The first-order chi connectivity index (χ1) is 7.60. The average molecular weight is 215 g/mol. The molecule has 1 aromatic rings. The third-order valence-electron chi connectivity index (χ3n) is 2.22. The summed E-state index contributed by atoms with van der Waals surface area (Å²) in [5, 5.41) is 17.5. The van der Waals surface area contributed by atoms with E-state index in [1.807, 2.05) is 13.0 Å². The predicted molar refractivity (Wildman–Crippen MR) is 61.4 cm³/mol. The minimum Gasteiger partial charge on any atom is -0.395 e. The minimum atomic E-state index is -0.114. The molecule has 0 aliphatic carbocycles. The lowest BCUT2D eigenvalue weighted by Gasteiger charge is -2.20. The van der Waals surface area contributed by atoms with E-state index in [9.17, 15) is 0 Å². The van der Waals surface area contributed by atoms with Gasteiger partial charge >= 0.3 is 0 Å². The van der Waals surface area contributed by atoms with E-state index in [1.54, 1.807) is 18.0 Å². The number of aromatic nitrogens is 1. The summed E-state index contributed by atoms with van der Waals surface area (Å²) in [5.74, 6) is 0.429. The molecule has 1 rings (SSSR count). The van der Waals surface area contributed by atoms with Crippen LogP contribution in [0.5, 0.6) is 0 Å². The van der Waals surface area contributed by atoms with Gasteiger partial charge in [-0.3, -0.25) is 0 Å². The van der Waals surface area contributed by atoms with Crippen molar-refractivity contribution in [2.24, 2.45) is 5.92 Å². The molecule has 0 radical (unpaired) electrons. The maximum atomic E-state index is 8.82. The van der Waals surface area contributed by atoms with Crippen molar-refractivity contribution in [2.75, 3.05) is 24.2 Å². The van der Waals surface area contributed by atoms with Crippen molar-refractivity contribution in [2.45, 2.75) is 6.92 Å². The number of hydrogen-bond donors (Lipinski definition) is 1. The van der Waals surface area contributed by atoms with Crippen molar-refractivity contribution >= 4 is 11.5 Å². The highest BCUT2D eigenvalue weighted by Crippen LogP contribution is 2.22. The highest BCUT2D eigenvalue weighted by Gasteiger charge is 2.12. The molecule has 0 saturated carbocycles. The van der Waals surface area contributed by atoms with E-state index in [1.165, 1.54) is 6.20 Å². The lowest BCUT2D eigenvalue weighted by atomic mass is 10.2. The van der Waals surface area contributed by atoms with Crippen molar-refractivity contribution in [3.8, 4) is 12.1 Å². The summed E-state index contributed by atoms with van der Waals surface area (Å²) >= 11 is 0. The molecular weight excluding hydrogens is 202 g/mol. The Hall–Kier alpha value is -2.27. The van der Waals surface area contributed by atoms with Crippen LogP contribution in [0, 0.1) is 28.6 Å². The van der Waals surface area contributed by atoms with Crippen molar-refractivity contribution < 1.29 is 0 Å². The van der Waals surface area contributed by atoms with E-state index in [4.69, 9.17) is 16.3 Å². The fourth-order valence-electron chi connectivity index (χ4n) is 1.40. The Labute approximate surface area is 94.7 Å². The third kappa shape index (κ3) is 2.40. The second kappa shape index (κ2) is 4.99. The van der Waals surface area contributed by atoms with Gasteiger partial charge in [0.05, 0.1) is 23.2 Å². The minimum absolute atomic E-state index is 0.114. The number of nitriles is 2. The SMILES string of the molecule is CC(C#N)CN(C)c1nccc(C#N)c1N. The average Bonchev–Trinajstić information content (AvgIpc) is 2.29. The topological polar surface area (TPSA) is 89.7 Å².